The maximum absolute atomic E-state index is 9.13. The fraction of sp³-hybridized carbons (Fsp3) is 0.600. The zero-order valence-corrected chi connectivity index (χ0v) is 11.5. The van der Waals surface area contributed by atoms with Crippen molar-refractivity contribution < 1.29 is 5.11 Å². The molecule has 0 aliphatic carbocycles. The van der Waals surface area contributed by atoms with Gasteiger partial charge in [-0.25, -0.2) is 0 Å². The Morgan fingerprint density at radius 3 is 2.63 bits per heavy atom. The lowest BCUT2D eigenvalue weighted by Gasteiger charge is -2.33. The van der Waals surface area contributed by atoms with E-state index in [2.05, 4.69) is 29.2 Å². The van der Waals surface area contributed by atoms with Crippen LogP contribution in [0.2, 0.25) is 0 Å². The third kappa shape index (κ3) is 4.20. The Morgan fingerprint density at radius 1 is 1.26 bits per heavy atom. The van der Waals surface area contributed by atoms with Crippen LogP contribution >= 0.6 is 0 Å². The number of nitrogens with zero attached hydrogens (tertiary/aromatic N) is 1. The maximum Gasteiger partial charge on any atom is 0.102 e. The van der Waals surface area contributed by atoms with E-state index in [1.54, 1.807) is 0 Å². The van der Waals surface area contributed by atoms with Gasteiger partial charge in [0.2, 0.25) is 0 Å². The summed E-state index contributed by atoms with van der Waals surface area (Å²) >= 11 is 0. The molecule has 19 heavy (non-hydrogen) atoms. The fourth-order valence-electron chi connectivity index (χ4n) is 2.67. The standard InChI is InChI=1S/C15H25N3O/c16-13-8-10-18(11-9-13)14-6-2-1-4-12(14)5-3-7-15(17)19/h1-2,4,6,13,15,19H,3,5,7-11,16-17H2. The van der Waals surface area contributed by atoms with E-state index < -0.39 is 6.23 Å². The fourth-order valence-corrected chi connectivity index (χ4v) is 2.67. The summed E-state index contributed by atoms with van der Waals surface area (Å²) in [6.45, 7) is 2.08. The molecule has 0 amide bonds. The third-order valence-electron chi connectivity index (χ3n) is 3.82. The quantitative estimate of drug-likeness (QED) is 0.698. The number of anilines is 1. The molecule has 2 rings (SSSR count). The van der Waals surface area contributed by atoms with Gasteiger partial charge in [-0.05, 0) is 43.7 Å². The van der Waals surface area contributed by atoms with Crippen LogP contribution in [0, 0.1) is 0 Å². The first kappa shape index (κ1) is 14.3. The van der Waals surface area contributed by atoms with E-state index in [-0.39, 0.29) is 0 Å². The average Bonchev–Trinajstić information content (AvgIpc) is 2.40. The summed E-state index contributed by atoms with van der Waals surface area (Å²) in [6, 6.07) is 8.88. The Morgan fingerprint density at radius 2 is 1.95 bits per heavy atom. The summed E-state index contributed by atoms with van der Waals surface area (Å²) in [7, 11) is 0. The molecule has 0 bridgehead atoms. The van der Waals surface area contributed by atoms with Crippen molar-refractivity contribution in [2.24, 2.45) is 11.5 Å². The molecule has 1 unspecified atom stereocenters. The monoisotopic (exact) mass is 263 g/mol. The van der Waals surface area contributed by atoms with Gasteiger partial charge in [-0.2, -0.15) is 0 Å². The molecule has 106 valence electrons. The second-order valence-electron chi connectivity index (χ2n) is 5.41. The highest BCUT2D eigenvalue weighted by molar-refractivity contribution is 5.54. The number of aliphatic hydroxyl groups is 1. The molecule has 0 spiro atoms. The molecule has 4 heteroatoms. The minimum absolute atomic E-state index is 0.357. The second-order valence-corrected chi connectivity index (χ2v) is 5.41. The minimum Gasteiger partial charge on any atom is -0.379 e. The Kier molecular flexibility index (Phi) is 5.19. The Hall–Kier alpha value is -1.10. The number of hydrogen-bond acceptors (Lipinski definition) is 4. The number of piperidine rings is 1. The van der Waals surface area contributed by atoms with Gasteiger partial charge >= 0.3 is 0 Å². The highest BCUT2D eigenvalue weighted by Crippen LogP contribution is 2.25. The first-order valence-corrected chi connectivity index (χ1v) is 7.19. The van der Waals surface area contributed by atoms with Crippen LogP contribution in [0.5, 0.6) is 0 Å². The lowest BCUT2D eigenvalue weighted by atomic mass is 10.0. The second kappa shape index (κ2) is 6.89. The molecule has 0 aromatic heterocycles. The number of aliphatic hydroxyl groups excluding tert-OH is 1. The summed E-state index contributed by atoms with van der Waals surface area (Å²) in [5, 5.41) is 9.13. The van der Waals surface area contributed by atoms with E-state index in [4.69, 9.17) is 16.6 Å². The Balaban J connectivity index is 1.99. The maximum atomic E-state index is 9.13. The molecule has 4 nitrogen and oxygen atoms in total. The lowest BCUT2D eigenvalue weighted by molar-refractivity contribution is 0.169. The molecule has 5 N–H and O–H groups in total. The first-order chi connectivity index (χ1) is 9.16. The summed E-state index contributed by atoms with van der Waals surface area (Å²) in [5.41, 5.74) is 14.0. The summed E-state index contributed by atoms with van der Waals surface area (Å²) in [6.07, 6.45) is 3.97. The topological polar surface area (TPSA) is 75.5 Å². The molecular formula is C15H25N3O. The predicted octanol–water partition coefficient (Wildman–Crippen LogP) is 1.21. The van der Waals surface area contributed by atoms with Crippen LogP contribution in [-0.2, 0) is 6.42 Å². The molecule has 0 saturated carbocycles. The van der Waals surface area contributed by atoms with Gasteiger partial charge in [0.15, 0.2) is 0 Å². The molecule has 0 radical (unpaired) electrons. The van der Waals surface area contributed by atoms with Crippen molar-refractivity contribution in [3.8, 4) is 0 Å². The van der Waals surface area contributed by atoms with E-state index >= 15 is 0 Å². The van der Waals surface area contributed by atoms with Crippen LogP contribution in [0.4, 0.5) is 5.69 Å². The molecular weight excluding hydrogens is 238 g/mol. The normalized spacial score (nSPS) is 18.6. The van der Waals surface area contributed by atoms with Crippen LogP contribution in [0.1, 0.15) is 31.2 Å². The van der Waals surface area contributed by atoms with Gasteiger partial charge in [0.25, 0.3) is 0 Å². The SMILES string of the molecule is NC(O)CCCc1ccccc1N1CCC(N)CC1. The van der Waals surface area contributed by atoms with Gasteiger partial charge in [-0.3, -0.25) is 0 Å². The summed E-state index contributed by atoms with van der Waals surface area (Å²) in [4.78, 5) is 2.43. The van der Waals surface area contributed by atoms with Gasteiger partial charge < -0.3 is 21.5 Å². The van der Waals surface area contributed by atoms with Gasteiger partial charge in [0.1, 0.15) is 6.23 Å². The van der Waals surface area contributed by atoms with Crippen molar-refractivity contribution >= 4 is 5.69 Å². The summed E-state index contributed by atoms with van der Waals surface area (Å²) in [5.74, 6) is 0. The predicted molar refractivity (Wildman–Crippen MR) is 79.0 cm³/mol. The first-order valence-electron chi connectivity index (χ1n) is 7.19. The summed E-state index contributed by atoms with van der Waals surface area (Å²) < 4.78 is 0. The van der Waals surface area contributed by atoms with Crippen LogP contribution in [0.15, 0.2) is 24.3 Å². The largest absolute Gasteiger partial charge is 0.379 e. The highest BCUT2D eigenvalue weighted by atomic mass is 16.3. The zero-order valence-electron chi connectivity index (χ0n) is 11.5. The number of nitrogens with two attached hydrogens (primary N) is 2. The number of hydrogen-bond donors (Lipinski definition) is 3. The number of aryl methyl sites for hydroxylation is 1. The van der Waals surface area contributed by atoms with Crippen LogP contribution in [0.25, 0.3) is 0 Å². The molecule has 1 atom stereocenters. The number of benzene rings is 1. The van der Waals surface area contributed by atoms with Gasteiger partial charge in [0.05, 0.1) is 0 Å². The van der Waals surface area contributed by atoms with E-state index in [0.29, 0.717) is 12.5 Å². The van der Waals surface area contributed by atoms with Gasteiger partial charge in [-0.1, -0.05) is 18.2 Å². The van der Waals surface area contributed by atoms with Gasteiger partial charge in [0, 0.05) is 24.8 Å². The Labute approximate surface area is 115 Å². The van der Waals surface area contributed by atoms with Crippen molar-refractivity contribution in [2.75, 3.05) is 18.0 Å². The van der Waals surface area contributed by atoms with E-state index in [1.807, 2.05) is 0 Å². The van der Waals surface area contributed by atoms with E-state index in [1.165, 1.54) is 11.3 Å². The van der Waals surface area contributed by atoms with Gasteiger partial charge in [-0.15, -0.1) is 0 Å². The van der Waals surface area contributed by atoms with E-state index in [9.17, 15) is 0 Å². The van der Waals surface area contributed by atoms with Crippen molar-refractivity contribution in [1.82, 2.24) is 0 Å². The van der Waals surface area contributed by atoms with Crippen LogP contribution < -0.4 is 16.4 Å². The molecule has 1 aromatic rings. The minimum atomic E-state index is -0.694. The third-order valence-corrected chi connectivity index (χ3v) is 3.82. The van der Waals surface area contributed by atoms with Crippen molar-refractivity contribution in [2.45, 2.75) is 44.4 Å². The van der Waals surface area contributed by atoms with Crippen LogP contribution in [-0.4, -0.2) is 30.5 Å². The average molecular weight is 263 g/mol. The zero-order chi connectivity index (χ0) is 13.7. The Bertz CT molecular complexity index is 387. The molecule has 1 heterocycles. The van der Waals surface area contributed by atoms with Crippen molar-refractivity contribution in [3.05, 3.63) is 29.8 Å². The molecule has 1 fully saturated rings. The number of rotatable bonds is 5. The smallest absolute Gasteiger partial charge is 0.102 e. The molecule has 1 aromatic carbocycles. The lowest BCUT2D eigenvalue weighted by Crippen LogP contribution is -2.40. The van der Waals surface area contributed by atoms with Crippen LogP contribution in [0.3, 0.4) is 0 Å². The molecule has 1 aliphatic heterocycles. The molecule has 1 saturated heterocycles. The highest BCUT2D eigenvalue weighted by Gasteiger charge is 2.18. The number of para-hydroxylation sites is 1. The van der Waals surface area contributed by atoms with Crippen molar-refractivity contribution in [1.29, 1.82) is 0 Å². The van der Waals surface area contributed by atoms with E-state index in [0.717, 1.165) is 38.8 Å². The molecule has 1 aliphatic rings. The van der Waals surface area contributed by atoms with Crippen molar-refractivity contribution in [3.63, 3.8) is 0 Å².